The van der Waals surface area contributed by atoms with Gasteiger partial charge >= 0.3 is 0 Å². The average molecular weight is 339 g/mol. The molecule has 0 saturated heterocycles. The van der Waals surface area contributed by atoms with E-state index >= 15 is 0 Å². The van der Waals surface area contributed by atoms with Gasteiger partial charge in [0.15, 0.2) is 0 Å². The predicted octanol–water partition coefficient (Wildman–Crippen LogP) is 4.44. The largest absolute Gasteiger partial charge is 0.316 e. The minimum absolute atomic E-state index is 0.805. The van der Waals surface area contributed by atoms with E-state index in [2.05, 4.69) is 46.1 Å². The third kappa shape index (κ3) is 4.85. The van der Waals surface area contributed by atoms with Crippen LogP contribution in [0.15, 0.2) is 22.9 Å². The van der Waals surface area contributed by atoms with Crippen LogP contribution in [0.25, 0.3) is 0 Å². The van der Waals surface area contributed by atoms with E-state index in [1.807, 2.05) is 12.4 Å². The van der Waals surface area contributed by atoms with Gasteiger partial charge in [0.1, 0.15) is 0 Å². The van der Waals surface area contributed by atoms with Crippen LogP contribution in [0.4, 0.5) is 0 Å². The topological polar surface area (TPSA) is 24.9 Å². The summed E-state index contributed by atoms with van der Waals surface area (Å²) in [5.41, 5.74) is 1.37. The molecule has 3 atom stereocenters. The lowest BCUT2D eigenvalue weighted by Gasteiger charge is -2.35. The van der Waals surface area contributed by atoms with E-state index in [1.165, 1.54) is 44.2 Å². The summed E-state index contributed by atoms with van der Waals surface area (Å²) in [6, 6.07) is 2.23. The number of hydrogen-bond donors (Lipinski definition) is 1. The van der Waals surface area contributed by atoms with Crippen LogP contribution < -0.4 is 5.32 Å². The number of nitrogens with zero attached hydrogens (tertiary/aromatic N) is 1. The van der Waals surface area contributed by atoms with E-state index in [4.69, 9.17) is 0 Å². The second-order valence-electron chi connectivity index (χ2n) is 6.36. The molecule has 112 valence electrons. The fourth-order valence-corrected chi connectivity index (χ4v) is 3.83. The van der Waals surface area contributed by atoms with E-state index in [9.17, 15) is 0 Å². The summed E-state index contributed by atoms with van der Waals surface area (Å²) in [4.78, 5) is 4.31. The molecule has 0 aromatic carbocycles. The molecule has 1 heterocycles. The van der Waals surface area contributed by atoms with Crippen LogP contribution in [0, 0.1) is 17.8 Å². The minimum atomic E-state index is 0.805. The van der Waals surface area contributed by atoms with Crippen molar-refractivity contribution in [3.05, 3.63) is 28.5 Å². The number of halogens is 1. The van der Waals surface area contributed by atoms with Crippen molar-refractivity contribution in [2.75, 3.05) is 13.1 Å². The Kier molecular flexibility index (Phi) is 6.50. The van der Waals surface area contributed by atoms with Crippen LogP contribution in [0.3, 0.4) is 0 Å². The molecule has 2 nitrogen and oxygen atoms in total. The zero-order valence-electron chi connectivity index (χ0n) is 12.7. The molecule has 1 aliphatic rings. The van der Waals surface area contributed by atoms with E-state index in [0.29, 0.717) is 0 Å². The second-order valence-corrected chi connectivity index (χ2v) is 7.27. The molecule has 1 aromatic rings. The number of nitrogens with one attached hydrogen (secondary N) is 1. The lowest BCUT2D eigenvalue weighted by Crippen LogP contribution is -2.34. The van der Waals surface area contributed by atoms with Gasteiger partial charge in [0, 0.05) is 16.9 Å². The molecule has 1 aromatic heterocycles. The monoisotopic (exact) mass is 338 g/mol. The van der Waals surface area contributed by atoms with Crippen molar-refractivity contribution in [1.82, 2.24) is 10.3 Å². The summed E-state index contributed by atoms with van der Waals surface area (Å²) in [6.45, 7) is 6.98. The molecule has 0 aliphatic heterocycles. The molecule has 0 spiro atoms. The molecule has 0 bridgehead atoms. The van der Waals surface area contributed by atoms with Gasteiger partial charge in [-0.15, -0.1) is 0 Å². The Morgan fingerprint density at radius 2 is 2.15 bits per heavy atom. The van der Waals surface area contributed by atoms with Crippen LogP contribution in [0.1, 0.15) is 45.1 Å². The van der Waals surface area contributed by atoms with Gasteiger partial charge in [0.2, 0.25) is 0 Å². The van der Waals surface area contributed by atoms with Gasteiger partial charge < -0.3 is 5.32 Å². The third-order valence-electron chi connectivity index (χ3n) is 4.49. The lowest BCUT2D eigenvalue weighted by molar-refractivity contribution is 0.184. The minimum Gasteiger partial charge on any atom is -0.316 e. The summed E-state index contributed by atoms with van der Waals surface area (Å²) in [7, 11) is 0. The summed E-state index contributed by atoms with van der Waals surface area (Å²) in [5, 5.41) is 3.62. The number of rotatable bonds is 6. The second kappa shape index (κ2) is 8.14. The van der Waals surface area contributed by atoms with Gasteiger partial charge in [0.05, 0.1) is 0 Å². The van der Waals surface area contributed by atoms with Crippen molar-refractivity contribution in [2.45, 2.75) is 46.0 Å². The first-order chi connectivity index (χ1) is 9.69. The van der Waals surface area contributed by atoms with Gasteiger partial charge in [0.25, 0.3) is 0 Å². The Balaban J connectivity index is 1.96. The maximum Gasteiger partial charge on any atom is 0.0410 e. The molecule has 2 rings (SSSR count). The quantitative estimate of drug-likeness (QED) is 0.775. The van der Waals surface area contributed by atoms with Crippen LogP contribution in [-0.2, 0) is 6.42 Å². The highest BCUT2D eigenvalue weighted by atomic mass is 79.9. The van der Waals surface area contributed by atoms with Gasteiger partial charge in [-0.2, -0.15) is 0 Å². The Labute approximate surface area is 131 Å². The highest BCUT2D eigenvalue weighted by molar-refractivity contribution is 9.10. The van der Waals surface area contributed by atoms with Gasteiger partial charge in [-0.05, 0) is 84.1 Å². The highest BCUT2D eigenvalue weighted by Crippen LogP contribution is 2.35. The summed E-state index contributed by atoms with van der Waals surface area (Å²) < 4.78 is 1.10. The van der Waals surface area contributed by atoms with Gasteiger partial charge in [-0.1, -0.05) is 20.3 Å². The molecule has 1 fully saturated rings. The van der Waals surface area contributed by atoms with Crippen LogP contribution >= 0.6 is 15.9 Å². The zero-order chi connectivity index (χ0) is 14.4. The van der Waals surface area contributed by atoms with Crippen LogP contribution in [-0.4, -0.2) is 18.1 Å². The molecule has 20 heavy (non-hydrogen) atoms. The third-order valence-corrected chi connectivity index (χ3v) is 4.93. The maximum atomic E-state index is 4.31. The standard InChI is InChI=1S/C17H27BrN2/c1-3-6-19-11-15-5-4-13(2)7-16(15)8-14-9-17(18)12-20-10-14/h9-10,12-13,15-16,19H,3-8,11H2,1-2H3. The molecular formula is C17H27BrN2. The fourth-order valence-electron chi connectivity index (χ4n) is 3.41. The van der Waals surface area contributed by atoms with Crippen LogP contribution in [0.5, 0.6) is 0 Å². The summed E-state index contributed by atoms with van der Waals surface area (Å²) >= 11 is 3.53. The lowest BCUT2D eigenvalue weighted by atomic mass is 9.72. The van der Waals surface area contributed by atoms with E-state index in [0.717, 1.165) is 28.8 Å². The highest BCUT2D eigenvalue weighted by Gasteiger charge is 2.28. The Hall–Kier alpha value is -0.410. The normalized spacial score (nSPS) is 26.6. The number of hydrogen-bond acceptors (Lipinski definition) is 2. The molecule has 3 unspecified atom stereocenters. The van der Waals surface area contributed by atoms with Crippen molar-refractivity contribution in [3.63, 3.8) is 0 Å². The summed E-state index contributed by atoms with van der Waals surface area (Å²) in [5.74, 6) is 2.51. The molecule has 1 saturated carbocycles. The SMILES string of the molecule is CCCNCC1CCC(C)CC1Cc1cncc(Br)c1. The van der Waals surface area contributed by atoms with Crippen molar-refractivity contribution < 1.29 is 0 Å². The van der Waals surface area contributed by atoms with Crippen molar-refractivity contribution in [2.24, 2.45) is 17.8 Å². The Morgan fingerprint density at radius 1 is 1.30 bits per heavy atom. The van der Waals surface area contributed by atoms with Crippen LogP contribution in [0.2, 0.25) is 0 Å². The van der Waals surface area contributed by atoms with Crippen molar-refractivity contribution >= 4 is 15.9 Å². The van der Waals surface area contributed by atoms with Crippen molar-refractivity contribution in [3.8, 4) is 0 Å². The predicted molar refractivity (Wildman–Crippen MR) is 88.8 cm³/mol. The van der Waals surface area contributed by atoms with E-state index < -0.39 is 0 Å². The Bertz CT molecular complexity index is 408. The van der Waals surface area contributed by atoms with Gasteiger partial charge in [-0.3, -0.25) is 4.98 Å². The van der Waals surface area contributed by atoms with Gasteiger partial charge in [-0.25, -0.2) is 0 Å². The zero-order valence-corrected chi connectivity index (χ0v) is 14.3. The van der Waals surface area contributed by atoms with E-state index in [1.54, 1.807) is 0 Å². The molecule has 1 N–H and O–H groups in total. The summed E-state index contributed by atoms with van der Waals surface area (Å²) in [6.07, 6.45) is 10.4. The van der Waals surface area contributed by atoms with Crippen molar-refractivity contribution in [1.29, 1.82) is 0 Å². The first-order valence-electron chi connectivity index (χ1n) is 7.99. The molecule has 1 aliphatic carbocycles. The fraction of sp³-hybridized carbons (Fsp3) is 0.706. The molecule has 0 radical (unpaired) electrons. The Morgan fingerprint density at radius 3 is 2.90 bits per heavy atom. The first kappa shape index (κ1) is 16.0. The van der Waals surface area contributed by atoms with E-state index in [-0.39, 0.29) is 0 Å². The average Bonchev–Trinajstić information content (AvgIpc) is 2.41. The number of aromatic nitrogens is 1. The smallest absolute Gasteiger partial charge is 0.0410 e. The first-order valence-corrected chi connectivity index (χ1v) is 8.78. The molecule has 0 amide bonds. The number of pyridine rings is 1. The molecular weight excluding hydrogens is 312 g/mol. The maximum absolute atomic E-state index is 4.31. The molecule has 3 heteroatoms.